The Morgan fingerprint density at radius 2 is 2.04 bits per heavy atom. The number of benzene rings is 1. The van der Waals surface area contributed by atoms with E-state index in [1.807, 2.05) is 6.92 Å². The normalized spacial score (nSPS) is 12.0. The van der Waals surface area contributed by atoms with Gasteiger partial charge in [0.05, 0.1) is 35.3 Å². The van der Waals surface area contributed by atoms with Crippen LogP contribution >= 0.6 is 23.2 Å². The molecule has 1 amide bonds. The van der Waals surface area contributed by atoms with E-state index in [2.05, 4.69) is 4.98 Å². The summed E-state index contributed by atoms with van der Waals surface area (Å²) in [5.74, 6) is -0.677. The summed E-state index contributed by atoms with van der Waals surface area (Å²) in [4.78, 5) is 17.9. The molecule has 0 bridgehead atoms. The number of carbonyl (C=O) groups is 1. The first-order valence-electron chi connectivity index (χ1n) is 7.91. The maximum absolute atomic E-state index is 13.3. The molecule has 4 nitrogen and oxygen atoms in total. The standard InChI is InChI=1S/C18H19Cl2FN2O2/c1-2-5-23(11-17(24)13-8-14(21)10-22-9-13)18(25)7-12-3-4-15(19)16(20)6-12/h3-4,6,8-10,17,24H,2,5,7,11H2,1H3. The molecule has 0 spiro atoms. The van der Waals surface area contributed by atoms with Crippen molar-refractivity contribution in [2.24, 2.45) is 0 Å². The Hall–Kier alpha value is -1.69. The molecule has 0 aliphatic rings. The minimum atomic E-state index is -1.01. The van der Waals surface area contributed by atoms with Crippen LogP contribution in [0.1, 0.15) is 30.6 Å². The number of aromatic nitrogens is 1. The highest BCUT2D eigenvalue weighted by molar-refractivity contribution is 6.42. The molecule has 0 saturated carbocycles. The molecule has 1 unspecified atom stereocenters. The van der Waals surface area contributed by atoms with E-state index < -0.39 is 11.9 Å². The van der Waals surface area contributed by atoms with Crippen LogP contribution in [-0.2, 0) is 11.2 Å². The number of hydrogen-bond acceptors (Lipinski definition) is 3. The van der Waals surface area contributed by atoms with E-state index in [4.69, 9.17) is 23.2 Å². The average Bonchev–Trinajstić information content (AvgIpc) is 2.57. The Morgan fingerprint density at radius 3 is 2.68 bits per heavy atom. The second-order valence-corrected chi connectivity index (χ2v) is 6.53. The number of halogens is 3. The minimum absolute atomic E-state index is 0.0686. The Labute approximate surface area is 156 Å². The number of hydrogen-bond donors (Lipinski definition) is 1. The third-order valence-corrected chi connectivity index (χ3v) is 4.43. The predicted molar refractivity (Wildman–Crippen MR) is 96.2 cm³/mol. The molecule has 2 aromatic rings. The zero-order chi connectivity index (χ0) is 18.4. The van der Waals surface area contributed by atoms with Crippen molar-refractivity contribution in [3.63, 3.8) is 0 Å². The van der Waals surface area contributed by atoms with Gasteiger partial charge in [0.25, 0.3) is 0 Å². The average molecular weight is 385 g/mol. The Kier molecular flexibility index (Phi) is 7.17. The van der Waals surface area contributed by atoms with Crippen LogP contribution in [0, 0.1) is 5.82 Å². The summed E-state index contributed by atoms with van der Waals surface area (Å²) in [6, 6.07) is 6.25. The number of pyridine rings is 1. The molecule has 1 N–H and O–H groups in total. The Bertz CT molecular complexity index is 743. The number of amides is 1. The summed E-state index contributed by atoms with van der Waals surface area (Å²) in [5, 5.41) is 11.1. The molecule has 0 aliphatic heterocycles. The van der Waals surface area contributed by atoms with Gasteiger partial charge in [0.1, 0.15) is 5.82 Å². The fourth-order valence-corrected chi connectivity index (χ4v) is 2.77. The Morgan fingerprint density at radius 1 is 1.28 bits per heavy atom. The van der Waals surface area contributed by atoms with Crippen molar-refractivity contribution in [1.82, 2.24) is 9.88 Å². The van der Waals surface area contributed by atoms with Crippen molar-refractivity contribution in [1.29, 1.82) is 0 Å². The lowest BCUT2D eigenvalue weighted by Crippen LogP contribution is -2.36. The van der Waals surface area contributed by atoms with Crippen LogP contribution in [0.5, 0.6) is 0 Å². The van der Waals surface area contributed by atoms with Crippen molar-refractivity contribution in [3.05, 3.63) is 63.6 Å². The van der Waals surface area contributed by atoms with E-state index >= 15 is 0 Å². The first-order chi connectivity index (χ1) is 11.9. The summed E-state index contributed by atoms with van der Waals surface area (Å²) in [5.41, 5.74) is 1.07. The molecule has 25 heavy (non-hydrogen) atoms. The lowest BCUT2D eigenvalue weighted by Gasteiger charge is -2.25. The van der Waals surface area contributed by atoms with Gasteiger partial charge in [0, 0.05) is 18.3 Å². The molecule has 0 radical (unpaired) electrons. The molecule has 2 rings (SSSR count). The lowest BCUT2D eigenvalue weighted by atomic mass is 10.1. The van der Waals surface area contributed by atoms with Gasteiger partial charge < -0.3 is 10.0 Å². The lowest BCUT2D eigenvalue weighted by molar-refractivity contribution is -0.132. The quantitative estimate of drug-likeness (QED) is 0.783. The van der Waals surface area contributed by atoms with Crippen LogP contribution < -0.4 is 0 Å². The summed E-state index contributed by atoms with van der Waals surface area (Å²) < 4.78 is 13.3. The minimum Gasteiger partial charge on any atom is -0.386 e. The van der Waals surface area contributed by atoms with E-state index in [1.165, 1.54) is 12.3 Å². The van der Waals surface area contributed by atoms with Gasteiger partial charge in [0.2, 0.25) is 5.91 Å². The maximum atomic E-state index is 13.3. The predicted octanol–water partition coefficient (Wildman–Crippen LogP) is 4.04. The number of carbonyl (C=O) groups excluding carboxylic acids is 1. The fourth-order valence-electron chi connectivity index (χ4n) is 2.45. The van der Waals surface area contributed by atoms with Gasteiger partial charge in [-0.3, -0.25) is 9.78 Å². The summed E-state index contributed by atoms with van der Waals surface area (Å²) in [6.45, 7) is 2.49. The van der Waals surface area contributed by atoms with Gasteiger partial charge in [0.15, 0.2) is 0 Å². The van der Waals surface area contributed by atoms with E-state index in [-0.39, 0.29) is 18.9 Å². The van der Waals surface area contributed by atoms with E-state index in [1.54, 1.807) is 23.1 Å². The van der Waals surface area contributed by atoms with E-state index in [0.29, 0.717) is 22.2 Å². The Balaban J connectivity index is 2.07. The highest BCUT2D eigenvalue weighted by Gasteiger charge is 2.19. The van der Waals surface area contributed by atoms with Crippen LogP contribution in [0.3, 0.4) is 0 Å². The first kappa shape index (κ1) is 19.6. The third-order valence-electron chi connectivity index (χ3n) is 3.69. The van der Waals surface area contributed by atoms with Crippen molar-refractivity contribution in [2.75, 3.05) is 13.1 Å². The number of aliphatic hydroxyl groups excluding tert-OH is 1. The monoisotopic (exact) mass is 384 g/mol. The molecule has 1 aromatic carbocycles. The zero-order valence-corrected chi connectivity index (χ0v) is 15.3. The van der Waals surface area contributed by atoms with E-state index in [9.17, 15) is 14.3 Å². The molecule has 0 fully saturated rings. The molecule has 134 valence electrons. The smallest absolute Gasteiger partial charge is 0.227 e. The summed E-state index contributed by atoms with van der Waals surface area (Å²) in [6.07, 6.45) is 2.33. The summed E-state index contributed by atoms with van der Waals surface area (Å²) >= 11 is 11.9. The topological polar surface area (TPSA) is 53.4 Å². The highest BCUT2D eigenvalue weighted by atomic mass is 35.5. The SMILES string of the molecule is CCCN(CC(O)c1cncc(F)c1)C(=O)Cc1ccc(Cl)c(Cl)c1. The number of nitrogens with zero attached hydrogens (tertiary/aromatic N) is 2. The van der Waals surface area contributed by atoms with Gasteiger partial charge in [-0.2, -0.15) is 0 Å². The first-order valence-corrected chi connectivity index (χ1v) is 8.66. The molecule has 0 saturated heterocycles. The molecule has 7 heteroatoms. The maximum Gasteiger partial charge on any atom is 0.227 e. The number of rotatable bonds is 7. The molecule has 0 aliphatic carbocycles. The van der Waals surface area contributed by atoms with Crippen molar-refractivity contribution in [2.45, 2.75) is 25.9 Å². The van der Waals surface area contributed by atoms with Crippen LogP contribution in [0.15, 0.2) is 36.7 Å². The van der Waals surface area contributed by atoms with Crippen LogP contribution in [0.4, 0.5) is 4.39 Å². The van der Waals surface area contributed by atoms with Gasteiger partial charge in [-0.15, -0.1) is 0 Å². The third kappa shape index (κ3) is 5.66. The molecular formula is C18H19Cl2FN2O2. The molecule has 1 atom stereocenters. The van der Waals surface area contributed by atoms with Crippen molar-refractivity contribution >= 4 is 29.1 Å². The zero-order valence-electron chi connectivity index (χ0n) is 13.8. The molecular weight excluding hydrogens is 366 g/mol. The van der Waals surface area contributed by atoms with E-state index in [0.717, 1.165) is 18.2 Å². The number of aliphatic hydroxyl groups is 1. The summed E-state index contributed by atoms with van der Waals surface area (Å²) in [7, 11) is 0. The molecule has 1 aromatic heterocycles. The van der Waals surface area contributed by atoms with Gasteiger partial charge in [-0.25, -0.2) is 4.39 Å². The highest BCUT2D eigenvalue weighted by Crippen LogP contribution is 2.23. The van der Waals surface area contributed by atoms with Crippen LogP contribution in [-0.4, -0.2) is 34.0 Å². The second kappa shape index (κ2) is 9.13. The van der Waals surface area contributed by atoms with Gasteiger partial charge >= 0.3 is 0 Å². The van der Waals surface area contributed by atoms with Gasteiger partial charge in [-0.05, 0) is 30.2 Å². The van der Waals surface area contributed by atoms with Crippen LogP contribution in [0.25, 0.3) is 0 Å². The largest absolute Gasteiger partial charge is 0.386 e. The second-order valence-electron chi connectivity index (χ2n) is 5.72. The van der Waals surface area contributed by atoms with Crippen LogP contribution in [0.2, 0.25) is 10.0 Å². The van der Waals surface area contributed by atoms with Gasteiger partial charge in [-0.1, -0.05) is 36.2 Å². The van der Waals surface area contributed by atoms with Crippen molar-refractivity contribution in [3.8, 4) is 0 Å². The fraction of sp³-hybridized carbons (Fsp3) is 0.333. The molecule has 1 heterocycles. The van der Waals surface area contributed by atoms with Crippen molar-refractivity contribution < 1.29 is 14.3 Å².